The first-order valence-electron chi connectivity index (χ1n) is 11.2. The third kappa shape index (κ3) is 5.18. The van der Waals surface area contributed by atoms with Crippen molar-refractivity contribution in [3.63, 3.8) is 0 Å². The lowest BCUT2D eigenvalue weighted by molar-refractivity contribution is -0.136. The number of nitrogens with one attached hydrogen (secondary N) is 1. The van der Waals surface area contributed by atoms with E-state index in [1.54, 1.807) is 29.6 Å². The summed E-state index contributed by atoms with van der Waals surface area (Å²) >= 11 is 0. The number of nitrogens with zero attached hydrogens (tertiary/aromatic N) is 4. The lowest BCUT2D eigenvalue weighted by atomic mass is 10.0. The second-order valence-corrected chi connectivity index (χ2v) is 9.08. The van der Waals surface area contributed by atoms with Crippen molar-refractivity contribution in [1.29, 1.82) is 0 Å². The highest BCUT2D eigenvalue weighted by Gasteiger charge is 2.35. The molecule has 1 unspecified atom stereocenters. The zero-order chi connectivity index (χ0) is 24.6. The second kappa shape index (κ2) is 9.27. The van der Waals surface area contributed by atoms with Gasteiger partial charge in [0, 0.05) is 50.8 Å². The third-order valence-electron chi connectivity index (χ3n) is 6.38. The second-order valence-electron chi connectivity index (χ2n) is 9.08. The molecule has 1 aromatic heterocycles. The third-order valence-corrected chi connectivity index (χ3v) is 6.38. The van der Waals surface area contributed by atoms with E-state index in [0.717, 1.165) is 5.69 Å². The molecule has 184 valence electrons. The summed E-state index contributed by atoms with van der Waals surface area (Å²) in [4.78, 5) is 29.0. The minimum Gasteiger partial charge on any atom is -0.340 e. The molecule has 1 N–H and O–H groups in total. The van der Waals surface area contributed by atoms with Crippen molar-refractivity contribution in [1.82, 2.24) is 19.6 Å². The molecule has 0 spiro atoms. The standard InChI is InChI=1S/C23H27F4N5O2/c1-14-10-16(5-6-18(14)24)28-22(34)31-9-7-19-17(13-31)20-21(33)30(2)11-15(12-32(20)29-19)4-3-8-23(25,26)27/h5-6,10,15H,3-4,7-9,11-13H2,1-2H3,(H,28,34). The molecule has 2 aromatic rings. The van der Waals surface area contributed by atoms with Gasteiger partial charge in [-0.3, -0.25) is 9.48 Å². The number of aromatic nitrogens is 2. The van der Waals surface area contributed by atoms with Crippen LogP contribution >= 0.6 is 0 Å². The number of anilines is 1. The Morgan fingerprint density at radius 3 is 2.74 bits per heavy atom. The van der Waals surface area contributed by atoms with E-state index in [-0.39, 0.29) is 36.6 Å². The van der Waals surface area contributed by atoms with E-state index in [9.17, 15) is 27.2 Å². The van der Waals surface area contributed by atoms with Gasteiger partial charge in [0.05, 0.1) is 12.2 Å². The first-order chi connectivity index (χ1) is 16.0. The molecule has 0 fully saturated rings. The molecule has 7 nitrogen and oxygen atoms in total. The van der Waals surface area contributed by atoms with Crippen LogP contribution in [0.2, 0.25) is 0 Å². The molecule has 0 saturated heterocycles. The molecule has 2 aliphatic rings. The van der Waals surface area contributed by atoms with Crippen LogP contribution in [0.1, 0.15) is 46.6 Å². The van der Waals surface area contributed by atoms with Crippen LogP contribution in [0, 0.1) is 18.7 Å². The number of benzene rings is 1. The predicted molar refractivity (Wildman–Crippen MR) is 117 cm³/mol. The minimum absolute atomic E-state index is 0.00330. The Hall–Kier alpha value is -3.11. The van der Waals surface area contributed by atoms with Crippen molar-refractivity contribution < 1.29 is 27.2 Å². The van der Waals surface area contributed by atoms with Crippen molar-refractivity contribution in [3.05, 3.63) is 46.5 Å². The minimum atomic E-state index is -4.20. The maximum atomic E-state index is 13.5. The van der Waals surface area contributed by atoms with Crippen molar-refractivity contribution in [2.45, 2.75) is 51.9 Å². The van der Waals surface area contributed by atoms with Crippen LogP contribution < -0.4 is 5.32 Å². The summed E-state index contributed by atoms with van der Waals surface area (Å²) in [5.74, 6) is -0.744. The maximum absolute atomic E-state index is 13.5. The van der Waals surface area contributed by atoms with Gasteiger partial charge in [-0.1, -0.05) is 0 Å². The number of fused-ring (bicyclic) bond motifs is 3. The van der Waals surface area contributed by atoms with Gasteiger partial charge in [-0.25, -0.2) is 9.18 Å². The van der Waals surface area contributed by atoms with Gasteiger partial charge in [-0.2, -0.15) is 18.3 Å². The summed E-state index contributed by atoms with van der Waals surface area (Å²) < 4.78 is 52.8. The van der Waals surface area contributed by atoms with Crippen LogP contribution in [0.3, 0.4) is 0 Å². The summed E-state index contributed by atoms with van der Waals surface area (Å²) in [5.41, 5.74) is 2.69. The van der Waals surface area contributed by atoms with Gasteiger partial charge in [0.2, 0.25) is 0 Å². The normalized spacial score (nSPS) is 18.4. The monoisotopic (exact) mass is 481 g/mol. The Morgan fingerprint density at radius 2 is 2.03 bits per heavy atom. The number of rotatable bonds is 4. The number of aryl methyl sites for hydroxylation is 1. The Balaban J connectivity index is 1.49. The van der Waals surface area contributed by atoms with E-state index in [1.807, 2.05) is 0 Å². The highest BCUT2D eigenvalue weighted by molar-refractivity contribution is 5.95. The molecule has 0 bridgehead atoms. The van der Waals surface area contributed by atoms with Crippen molar-refractivity contribution >= 4 is 17.6 Å². The summed E-state index contributed by atoms with van der Waals surface area (Å²) in [7, 11) is 1.64. The molecule has 0 radical (unpaired) electrons. The Labute approximate surface area is 194 Å². The molecular weight excluding hydrogens is 454 g/mol. The summed E-state index contributed by atoms with van der Waals surface area (Å²) in [6.07, 6.45) is -4.24. The van der Waals surface area contributed by atoms with E-state index < -0.39 is 12.6 Å². The zero-order valence-electron chi connectivity index (χ0n) is 19.1. The maximum Gasteiger partial charge on any atom is 0.389 e. The van der Waals surface area contributed by atoms with Crippen LogP contribution in [0.15, 0.2) is 18.2 Å². The lowest BCUT2D eigenvalue weighted by Crippen LogP contribution is -2.39. The van der Waals surface area contributed by atoms with E-state index in [4.69, 9.17) is 0 Å². The summed E-state index contributed by atoms with van der Waals surface area (Å²) in [6, 6.07) is 3.96. The van der Waals surface area contributed by atoms with Crippen molar-refractivity contribution in [2.75, 3.05) is 25.5 Å². The molecule has 1 aromatic carbocycles. The molecule has 4 rings (SSSR count). The molecule has 3 heterocycles. The number of hydrogen-bond donors (Lipinski definition) is 1. The summed E-state index contributed by atoms with van der Waals surface area (Å²) in [6.45, 7) is 2.91. The van der Waals surface area contributed by atoms with Crippen LogP contribution in [0.4, 0.5) is 28.0 Å². The summed E-state index contributed by atoms with van der Waals surface area (Å²) in [5, 5.41) is 7.35. The highest BCUT2D eigenvalue weighted by atomic mass is 19.4. The van der Waals surface area contributed by atoms with E-state index in [1.165, 1.54) is 17.0 Å². The average molecular weight is 481 g/mol. The van der Waals surface area contributed by atoms with Gasteiger partial charge in [0.25, 0.3) is 5.91 Å². The van der Waals surface area contributed by atoms with Gasteiger partial charge < -0.3 is 15.1 Å². The van der Waals surface area contributed by atoms with Crippen LogP contribution in [-0.2, 0) is 19.5 Å². The van der Waals surface area contributed by atoms with Gasteiger partial charge in [0.15, 0.2) is 0 Å². The number of hydrogen-bond acceptors (Lipinski definition) is 3. The molecule has 3 amide bonds. The van der Waals surface area contributed by atoms with Gasteiger partial charge in [0.1, 0.15) is 11.5 Å². The van der Waals surface area contributed by atoms with Gasteiger partial charge in [-0.05, 0) is 49.4 Å². The highest BCUT2D eigenvalue weighted by Crippen LogP contribution is 2.29. The fraction of sp³-hybridized carbons (Fsp3) is 0.522. The van der Waals surface area contributed by atoms with Crippen LogP contribution in [-0.4, -0.2) is 57.8 Å². The number of carbonyl (C=O) groups excluding carboxylic acids is 2. The number of alkyl halides is 3. The number of urea groups is 1. The largest absolute Gasteiger partial charge is 0.389 e. The first-order valence-corrected chi connectivity index (χ1v) is 11.2. The number of amides is 3. The molecule has 2 aliphatic heterocycles. The Bertz CT molecular complexity index is 1100. The topological polar surface area (TPSA) is 70.5 Å². The first kappa shape index (κ1) is 24.0. The molecule has 0 saturated carbocycles. The smallest absolute Gasteiger partial charge is 0.340 e. The fourth-order valence-corrected chi connectivity index (χ4v) is 4.62. The van der Waals surface area contributed by atoms with Crippen LogP contribution in [0.25, 0.3) is 0 Å². The Morgan fingerprint density at radius 1 is 1.26 bits per heavy atom. The number of carbonyl (C=O) groups is 2. The quantitative estimate of drug-likeness (QED) is 0.660. The molecular formula is C23H27F4N5O2. The molecule has 0 aliphatic carbocycles. The molecule has 11 heteroatoms. The molecule has 1 atom stereocenters. The van der Waals surface area contributed by atoms with Crippen molar-refractivity contribution in [2.24, 2.45) is 5.92 Å². The SMILES string of the molecule is Cc1cc(NC(=O)N2CCc3nn4c(c3C2)C(=O)N(C)CC(CCCC(F)(F)F)C4)ccc1F. The Kier molecular flexibility index (Phi) is 6.55. The van der Waals surface area contributed by atoms with E-state index >= 15 is 0 Å². The predicted octanol–water partition coefficient (Wildman–Crippen LogP) is 4.36. The zero-order valence-corrected chi connectivity index (χ0v) is 19.1. The van der Waals surface area contributed by atoms with Crippen molar-refractivity contribution in [3.8, 4) is 0 Å². The number of halogens is 4. The van der Waals surface area contributed by atoms with Gasteiger partial charge in [-0.15, -0.1) is 0 Å². The van der Waals surface area contributed by atoms with Gasteiger partial charge >= 0.3 is 12.2 Å². The molecule has 34 heavy (non-hydrogen) atoms. The van der Waals surface area contributed by atoms with E-state index in [0.29, 0.717) is 55.0 Å². The van der Waals surface area contributed by atoms with Crippen LogP contribution in [0.5, 0.6) is 0 Å². The van der Waals surface area contributed by atoms with E-state index in [2.05, 4.69) is 10.4 Å². The average Bonchev–Trinajstić information content (AvgIpc) is 3.06. The lowest BCUT2D eigenvalue weighted by Gasteiger charge is -2.27. The fourth-order valence-electron chi connectivity index (χ4n) is 4.62.